The van der Waals surface area contributed by atoms with Crippen molar-refractivity contribution in [2.24, 2.45) is 0 Å². The first-order chi connectivity index (χ1) is 9.76. The Labute approximate surface area is 153 Å². The number of halogens is 3. The molecule has 0 atom stereocenters. The Hall–Kier alpha value is -1.95. The smallest absolute Gasteiger partial charge is 0.222 e. The van der Waals surface area contributed by atoms with Gasteiger partial charge in [0.1, 0.15) is 5.82 Å². The normalized spacial score (nSPS) is 9.09. The van der Waals surface area contributed by atoms with Gasteiger partial charge in [0.15, 0.2) is 0 Å². The summed E-state index contributed by atoms with van der Waals surface area (Å²) in [4.78, 5) is 8.57. The highest BCUT2D eigenvalue weighted by molar-refractivity contribution is 5.86. The van der Waals surface area contributed by atoms with Crippen LogP contribution in [-0.2, 0) is 0 Å². The number of nitrogens with one attached hydrogen (secondary N) is 1. The minimum Gasteiger partial charge on any atom is -0.387 e. The van der Waals surface area contributed by atoms with Gasteiger partial charge in [0.2, 0.25) is 5.95 Å². The summed E-state index contributed by atoms with van der Waals surface area (Å²) in [5.74, 6) is 1.01. The number of hydrogen-bond acceptors (Lipinski definition) is 4. The number of hydrogen-bond donors (Lipinski definition) is 2. The molecule has 23 heavy (non-hydrogen) atoms. The molecule has 0 fully saturated rings. The average Bonchev–Trinajstić information content (AvgIpc) is 2.96. The molecule has 2 heterocycles. The van der Waals surface area contributed by atoms with Crippen molar-refractivity contribution >= 4 is 48.9 Å². The standard InChI is InChI=1S/C15H15N5.3ClH/c1-17-12-7-8-20(10-12)14-9-13(18-15(16)19-14)11-5-3-2-4-6-11;;;/h2-10,17H,1H3,(H2,16,18,19);3*1H. The fraction of sp³-hybridized carbons (Fsp3) is 0.0667. The van der Waals surface area contributed by atoms with E-state index in [1.807, 2.05) is 66.5 Å². The lowest BCUT2D eigenvalue weighted by molar-refractivity contribution is 0.993. The lowest BCUT2D eigenvalue weighted by Crippen LogP contribution is -2.02. The molecule has 2 aromatic heterocycles. The number of aromatic nitrogens is 3. The van der Waals surface area contributed by atoms with Gasteiger partial charge in [-0.3, -0.25) is 0 Å². The molecule has 0 bridgehead atoms. The summed E-state index contributed by atoms with van der Waals surface area (Å²) in [6.45, 7) is 0. The highest BCUT2D eigenvalue weighted by Crippen LogP contribution is 2.21. The van der Waals surface area contributed by atoms with Gasteiger partial charge in [0, 0.05) is 31.1 Å². The molecule has 8 heteroatoms. The Morgan fingerprint density at radius 3 is 2.30 bits per heavy atom. The molecule has 0 unspecified atom stereocenters. The fourth-order valence-electron chi connectivity index (χ4n) is 2.03. The highest BCUT2D eigenvalue weighted by atomic mass is 35.5. The van der Waals surface area contributed by atoms with Crippen LogP contribution in [0.1, 0.15) is 0 Å². The molecular formula is C15H18Cl3N5. The van der Waals surface area contributed by atoms with E-state index in [2.05, 4.69) is 15.3 Å². The van der Waals surface area contributed by atoms with Gasteiger partial charge in [-0.15, -0.1) is 37.2 Å². The molecule has 124 valence electrons. The largest absolute Gasteiger partial charge is 0.387 e. The minimum atomic E-state index is 0. The van der Waals surface area contributed by atoms with E-state index in [1.54, 1.807) is 0 Å². The lowest BCUT2D eigenvalue weighted by Gasteiger charge is -2.07. The van der Waals surface area contributed by atoms with E-state index in [4.69, 9.17) is 5.73 Å². The van der Waals surface area contributed by atoms with Gasteiger partial charge in [0.25, 0.3) is 0 Å². The van der Waals surface area contributed by atoms with Crippen LogP contribution in [0.15, 0.2) is 54.9 Å². The summed E-state index contributed by atoms with van der Waals surface area (Å²) < 4.78 is 1.91. The van der Waals surface area contributed by atoms with Gasteiger partial charge >= 0.3 is 0 Å². The van der Waals surface area contributed by atoms with Gasteiger partial charge in [-0.05, 0) is 6.07 Å². The Bertz CT molecular complexity index is 731. The van der Waals surface area contributed by atoms with E-state index < -0.39 is 0 Å². The summed E-state index contributed by atoms with van der Waals surface area (Å²) in [6.07, 6.45) is 3.89. The Balaban J connectivity index is 0.00000161. The van der Waals surface area contributed by atoms with Crippen molar-refractivity contribution in [1.29, 1.82) is 0 Å². The second-order valence-electron chi connectivity index (χ2n) is 4.39. The van der Waals surface area contributed by atoms with Crippen LogP contribution < -0.4 is 11.1 Å². The van der Waals surface area contributed by atoms with Crippen molar-refractivity contribution in [2.75, 3.05) is 18.1 Å². The molecule has 0 aliphatic heterocycles. The van der Waals surface area contributed by atoms with Crippen LogP contribution in [0.4, 0.5) is 11.6 Å². The first-order valence-corrected chi connectivity index (χ1v) is 6.32. The summed E-state index contributed by atoms with van der Waals surface area (Å²) >= 11 is 0. The van der Waals surface area contributed by atoms with E-state index in [9.17, 15) is 0 Å². The van der Waals surface area contributed by atoms with Crippen LogP contribution in [0.25, 0.3) is 17.1 Å². The maximum absolute atomic E-state index is 5.82. The molecule has 5 nitrogen and oxygen atoms in total. The highest BCUT2D eigenvalue weighted by Gasteiger charge is 2.06. The third-order valence-corrected chi connectivity index (χ3v) is 3.05. The number of nitrogen functional groups attached to an aromatic ring is 1. The van der Waals surface area contributed by atoms with Gasteiger partial charge in [0.05, 0.1) is 11.4 Å². The summed E-state index contributed by atoms with van der Waals surface area (Å²) in [6, 6.07) is 13.8. The van der Waals surface area contributed by atoms with Gasteiger partial charge in [-0.1, -0.05) is 30.3 Å². The zero-order valence-electron chi connectivity index (χ0n) is 12.3. The van der Waals surface area contributed by atoms with Crippen molar-refractivity contribution in [1.82, 2.24) is 14.5 Å². The Kier molecular flexibility index (Phi) is 8.46. The number of rotatable bonds is 3. The van der Waals surface area contributed by atoms with Crippen molar-refractivity contribution in [3.8, 4) is 17.1 Å². The molecule has 0 spiro atoms. The third-order valence-electron chi connectivity index (χ3n) is 3.05. The van der Waals surface area contributed by atoms with E-state index >= 15 is 0 Å². The van der Waals surface area contributed by atoms with E-state index in [0.29, 0.717) is 0 Å². The molecule has 0 amide bonds. The first-order valence-electron chi connectivity index (χ1n) is 6.32. The summed E-state index contributed by atoms with van der Waals surface area (Å²) in [5, 5.41) is 3.08. The van der Waals surface area contributed by atoms with E-state index in [1.165, 1.54) is 0 Å². The van der Waals surface area contributed by atoms with Gasteiger partial charge < -0.3 is 15.6 Å². The topological polar surface area (TPSA) is 68.8 Å². The van der Waals surface area contributed by atoms with Crippen LogP contribution in [0.5, 0.6) is 0 Å². The fourth-order valence-corrected chi connectivity index (χ4v) is 2.03. The predicted molar refractivity (Wildman–Crippen MR) is 102 cm³/mol. The molecule has 3 rings (SSSR count). The van der Waals surface area contributed by atoms with Gasteiger partial charge in [-0.2, -0.15) is 4.98 Å². The molecule has 0 aliphatic rings. The zero-order valence-corrected chi connectivity index (χ0v) is 14.8. The molecular weight excluding hydrogens is 357 g/mol. The first kappa shape index (κ1) is 21.0. The van der Waals surface area contributed by atoms with Crippen LogP contribution in [0.2, 0.25) is 0 Å². The second kappa shape index (κ2) is 9.25. The van der Waals surface area contributed by atoms with Crippen LogP contribution in [0, 0.1) is 0 Å². The molecule has 3 aromatic rings. The molecule has 3 N–H and O–H groups in total. The maximum Gasteiger partial charge on any atom is 0.222 e. The zero-order chi connectivity index (χ0) is 13.9. The second-order valence-corrected chi connectivity index (χ2v) is 4.39. The Morgan fingerprint density at radius 1 is 1.00 bits per heavy atom. The van der Waals surface area contributed by atoms with E-state index in [0.717, 1.165) is 22.8 Å². The molecule has 0 saturated carbocycles. The van der Waals surface area contributed by atoms with Gasteiger partial charge in [-0.25, -0.2) is 4.98 Å². The average molecular weight is 375 g/mol. The summed E-state index contributed by atoms with van der Waals surface area (Å²) in [5.41, 5.74) is 8.67. The van der Waals surface area contributed by atoms with Crippen molar-refractivity contribution in [2.45, 2.75) is 0 Å². The van der Waals surface area contributed by atoms with Crippen molar-refractivity contribution < 1.29 is 0 Å². The van der Waals surface area contributed by atoms with Crippen LogP contribution in [-0.4, -0.2) is 21.6 Å². The van der Waals surface area contributed by atoms with Crippen molar-refractivity contribution in [3.63, 3.8) is 0 Å². The predicted octanol–water partition coefficient (Wildman–Crippen LogP) is 3.82. The number of nitrogens with two attached hydrogens (primary N) is 1. The van der Waals surface area contributed by atoms with E-state index in [-0.39, 0.29) is 43.2 Å². The quantitative estimate of drug-likeness (QED) is 0.731. The number of nitrogens with zero attached hydrogens (tertiary/aromatic N) is 3. The molecule has 1 aromatic carbocycles. The van der Waals surface area contributed by atoms with Crippen LogP contribution >= 0.6 is 37.2 Å². The molecule has 0 saturated heterocycles. The maximum atomic E-state index is 5.82. The monoisotopic (exact) mass is 373 g/mol. The summed E-state index contributed by atoms with van der Waals surface area (Å²) in [7, 11) is 1.88. The van der Waals surface area contributed by atoms with Crippen molar-refractivity contribution in [3.05, 3.63) is 54.9 Å². The van der Waals surface area contributed by atoms with Crippen LogP contribution in [0.3, 0.4) is 0 Å². The SMILES string of the molecule is CNc1ccn(-c2cc(-c3ccccc3)nc(N)n2)c1.Cl.Cl.Cl. The number of anilines is 2. The molecule has 0 radical (unpaired) electrons. The number of benzene rings is 1. The molecule has 0 aliphatic carbocycles. The third kappa shape index (κ3) is 4.76. The lowest BCUT2D eigenvalue weighted by atomic mass is 10.1. The Morgan fingerprint density at radius 2 is 1.70 bits per heavy atom. The minimum absolute atomic E-state index is 0.